The maximum absolute atomic E-state index is 13.4. The third-order valence-electron chi connectivity index (χ3n) is 4.80. The Morgan fingerprint density at radius 3 is 2.67 bits per heavy atom. The van der Waals surface area contributed by atoms with Crippen LogP contribution in [0.25, 0.3) is 0 Å². The van der Waals surface area contributed by atoms with Crippen molar-refractivity contribution in [3.63, 3.8) is 0 Å². The summed E-state index contributed by atoms with van der Waals surface area (Å²) in [6.07, 6.45) is 3.62. The number of hydrogen-bond donors (Lipinski definition) is 1. The minimum atomic E-state index is -2.62. The number of nitrogens with two attached hydrogens (primary N) is 1. The van der Waals surface area contributed by atoms with Crippen molar-refractivity contribution < 1.29 is 23.0 Å². The summed E-state index contributed by atoms with van der Waals surface area (Å²) >= 11 is 0. The zero-order valence-electron chi connectivity index (χ0n) is 13.5. The highest BCUT2D eigenvalue weighted by atomic mass is 19.3. The molecule has 24 heavy (non-hydrogen) atoms. The van der Waals surface area contributed by atoms with E-state index < -0.39 is 12.0 Å². The minimum Gasteiger partial charge on any atom is -0.408 e. The standard InChI is InChI=1S/C17H22F2N2O3/c18-17(19)7-4-11(5-8-17)14-15(24-16(20)22)12(6-9-21-14)13-3-1-2-10-23-13/h6,9,11,13H,1-5,7-8,10H2,(H2,20,22). The van der Waals surface area contributed by atoms with Gasteiger partial charge in [-0.05, 0) is 38.2 Å². The van der Waals surface area contributed by atoms with E-state index in [0.29, 0.717) is 30.9 Å². The number of pyridine rings is 1. The molecule has 1 atom stereocenters. The minimum absolute atomic E-state index is 0.164. The normalized spacial score (nSPS) is 24.5. The molecule has 1 aromatic rings. The number of carbonyl (C=O) groups excluding carboxylic acids is 1. The van der Waals surface area contributed by atoms with Crippen molar-refractivity contribution in [3.05, 3.63) is 23.5 Å². The lowest BCUT2D eigenvalue weighted by Gasteiger charge is -2.30. The first-order valence-electron chi connectivity index (χ1n) is 8.42. The molecule has 2 N–H and O–H groups in total. The van der Waals surface area contributed by atoms with E-state index in [1.54, 1.807) is 12.3 Å². The van der Waals surface area contributed by atoms with Crippen LogP contribution in [0.4, 0.5) is 13.6 Å². The Hall–Kier alpha value is -1.76. The van der Waals surface area contributed by atoms with Gasteiger partial charge in [-0.2, -0.15) is 0 Å². The molecule has 2 heterocycles. The van der Waals surface area contributed by atoms with Crippen LogP contribution in [-0.4, -0.2) is 23.6 Å². The van der Waals surface area contributed by atoms with Gasteiger partial charge in [-0.25, -0.2) is 13.6 Å². The van der Waals surface area contributed by atoms with Crippen LogP contribution in [0.2, 0.25) is 0 Å². The predicted octanol–water partition coefficient (Wildman–Crippen LogP) is 4.07. The molecular formula is C17H22F2N2O3. The van der Waals surface area contributed by atoms with Gasteiger partial charge < -0.3 is 15.2 Å². The fourth-order valence-electron chi connectivity index (χ4n) is 3.54. The van der Waals surface area contributed by atoms with E-state index in [9.17, 15) is 13.6 Å². The number of halogens is 2. The number of carbonyl (C=O) groups is 1. The Bertz CT molecular complexity index is 593. The van der Waals surface area contributed by atoms with Gasteiger partial charge in [0.25, 0.3) is 0 Å². The van der Waals surface area contributed by atoms with Crippen molar-refractivity contribution in [1.29, 1.82) is 0 Å². The third kappa shape index (κ3) is 3.83. The largest absolute Gasteiger partial charge is 0.410 e. The lowest BCUT2D eigenvalue weighted by molar-refractivity contribution is -0.0387. The van der Waals surface area contributed by atoms with Gasteiger partial charge >= 0.3 is 6.09 Å². The molecule has 1 amide bonds. The van der Waals surface area contributed by atoms with E-state index in [1.807, 2.05) is 0 Å². The number of rotatable bonds is 3. The molecule has 2 aliphatic rings. The first-order chi connectivity index (χ1) is 11.5. The molecule has 1 saturated carbocycles. The molecular weight excluding hydrogens is 318 g/mol. The van der Waals surface area contributed by atoms with E-state index in [-0.39, 0.29) is 24.9 Å². The smallest absolute Gasteiger partial charge is 0.408 e. The van der Waals surface area contributed by atoms with Crippen molar-refractivity contribution in [2.45, 2.75) is 62.9 Å². The fraction of sp³-hybridized carbons (Fsp3) is 0.647. The second-order valence-corrected chi connectivity index (χ2v) is 6.52. The molecule has 0 aromatic carbocycles. The average Bonchev–Trinajstić information content (AvgIpc) is 2.56. The second-order valence-electron chi connectivity index (χ2n) is 6.52. The van der Waals surface area contributed by atoms with Gasteiger partial charge in [0.2, 0.25) is 5.92 Å². The molecule has 0 radical (unpaired) electrons. The molecule has 132 valence electrons. The fourth-order valence-corrected chi connectivity index (χ4v) is 3.54. The quantitative estimate of drug-likeness (QED) is 0.900. The Morgan fingerprint density at radius 1 is 1.29 bits per heavy atom. The highest BCUT2D eigenvalue weighted by molar-refractivity contribution is 5.69. The van der Waals surface area contributed by atoms with Crippen LogP contribution in [0.1, 0.15) is 68.2 Å². The maximum Gasteiger partial charge on any atom is 0.410 e. The van der Waals surface area contributed by atoms with Crippen molar-refractivity contribution >= 4 is 6.09 Å². The summed E-state index contributed by atoms with van der Waals surface area (Å²) < 4.78 is 37.9. The summed E-state index contributed by atoms with van der Waals surface area (Å²) in [6.45, 7) is 0.647. The van der Waals surface area contributed by atoms with Crippen molar-refractivity contribution in [1.82, 2.24) is 4.98 Å². The molecule has 0 spiro atoms. The number of primary amides is 1. The van der Waals surface area contributed by atoms with E-state index in [4.69, 9.17) is 15.2 Å². The van der Waals surface area contributed by atoms with Gasteiger partial charge in [0.05, 0.1) is 11.8 Å². The molecule has 1 aliphatic carbocycles. The van der Waals surface area contributed by atoms with Crippen LogP contribution in [0.5, 0.6) is 5.75 Å². The van der Waals surface area contributed by atoms with E-state index in [0.717, 1.165) is 24.8 Å². The topological polar surface area (TPSA) is 74.4 Å². The lowest BCUT2D eigenvalue weighted by Crippen LogP contribution is -2.26. The zero-order valence-corrected chi connectivity index (χ0v) is 13.5. The van der Waals surface area contributed by atoms with Gasteiger partial charge in [0.15, 0.2) is 5.75 Å². The third-order valence-corrected chi connectivity index (χ3v) is 4.80. The molecule has 1 unspecified atom stereocenters. The first-order valence-corrected chi connectivity index (χ1v) is 8.42. The number of aromatic nitrogens is 1. The average molecular weight is 340 g/mol. The van der Waals surface area contributed by atoms with Crippen LogP contribution >= 0.6 is 0 Å². The molecule has 2 fully saturated rings. The van der Waals surface area contributed by atoms with Gasteiger partial charge in [0, 0.05) is 37.1 Å². The van der Waals surface area contributed by atoms with Crippen molar-refractivity contribution in [3.8, 4) is 5.75 Å². The number of ether oxygens (including phenoxy) is 2. The van der Waals surface area contributed by atoms with Crippen LogP contribution < -0.4 is 10.5 Å². The van der Waals surface area contributed by atoms with E-state index in [1.165, 1.54) is 0 Å². The van der Waals surface area contributed by atoms with Crippen molar-refractivity contribution in [2.75, 3.05) is 6.61 Å². The molecule has 1 aliphatic heterocycles. The molecule has 3 rings (SSSR count). The van der Waals surface area contributed by atoms with Crippen LogP contribution in [0, 0.1) is 0 Å². The number of hydrogen-bond acceptors (Lipinski definition) is 4. The number of amides is 1. The molecule has 1 aromatic heterocycles. The second kappa shape index (κ2) is 7.01. The Balaban J connectivity index is 1.91. The summed E-state index contributed by atoms with van der Waals surface area (Å²) in [6, 6.07) is 1.76. The SMILES string of the molecule is NC(=O)Oc1c(C2CCCCO2)ccnc1C1CCC(F)(F)CC1. The summed E-state index contributed by atoms with van der Waals surface area (Å²) in [5, 5.41) is 0. The maximum atomic E-state index is 13.4. The Morgan fingerprint density at radius 2 is 2.04 bits per heavy atom. The highest BCUT2D eigenvalue weighted by Gasteiger charge is 2.37. The van der Waals surface area contributed by atoms with Crippen molar-refractivity contribution in [2.24, 2.45) is 5.73 Å². The Labute approximate surface area is 139 Å². The predicted molar refractivity (Wildman–Crippen MR) is 83.1 cm³/mol. The van der Waals surface area contributed by atoms with Gasteiger partial charge in [0.1, 0.15) is 0 Å². The van der Waals surface area contributed by atoms with Crippen LogP contribution in [0.3, 0.4) is 0 Å². The highest BCUT2D eigenvalue weighted by Crippen LogP contribution is 2.45. The van der Waals surface area contributed by atoms with E-state index >= 15 is 0 Å². The molecule has 1 saturated heterocycles. The monoisotopic (exact) mass is 340 g/mol. The lowest BCUT2D eigenvalue weighted by atomic mass is 9.83. The van der Waals surface area contributed by atoms with E-state index in [2.05, 4.69) is 4.98 Å². The Kier molecular flexibility index (Phi) is 4.99. The zero-order chi connectivity index (χ0) is 17.2. The van der Waals surface area contributed by atoms with Gasteiger partial charge in [-0.15, -0.1) is 0 Å². The summed E-state index contributed by atoms with van der Waals surface area (Å²) in [7, 11) is 0. The summed E-state index contributed by atoms with van der Waals surface area (Å²) in [5.74, 6) is -2.49. The molecule has 0 bridgehead atoms. The van der Waals surface area contributed by atoms with Crippen LogP contribution in [0.15, 0.2) is 12.3 Å². The van der Waals surface area contributed by atoms with Gasteiger partial charge in [-0.3, -0.25) is 4.98 Å². The molecule has 5 nitrogen and oxygen atoms in total. The summed E-state index contributed by atoms with van der Waals surface area (Å²) in [5.41, 5.74) is 6.48. The van der Waals surface area contributed by atoms with Crippen LogP contribution in [-0.2, 0) is 4.74 Å². The molecule has 7 heteroatoms. The summed E-state index contributed by atoms with van der Waals surface area (Å²) in [4.78, 5) is 15.7. The van der Waals surface area contributed by atoms with Gasteiger partial charge in [-0.1, -0.05) is 0 Å². The number of nitrogens with zero attached hydrogens (tertiary/aromatic N) is 1. The first kappa shape index (κ1) is 17.1. The number of alkyl halides is 2.